The molecule has 76 heavy (non-hydrogen) atoms. The van der Waals surface area contributed by atoms with Crippen molar-refractivity contribution in [3.05, 3.63) is 272 Å². The Morgan fingerprint density at radius 1 is 0.276 bits per heavy atom. The number of benzene rings is 11. The van der Waals surface area contributed by atoms with Crippen molar-refractivity contribution in [2.75, 3.05) is 0 Å². The molecular formula is C70H44N6. The molecule has 0 aliphatic rings. The molecule has 14 rings (SSSR count). The van der Waals surface area contributed by atoms with E-state index in [4.69, 9.17) is 15.0 Å². The Hall–Kier alpha value is -10.5. The van der Waals surface area contributed by atoms with Crippen molar-refractivity contribution in [2.45, 2.75) is 0 Å². The van der Waals surface area contributed by atoms with E-state index in [0.29, 0.717) is 23.0 Å². The van der Waals surface area contributed by atoms with Crippen LogP contribution in [0.4, 0.5) is 0 Å². The van der Waals surface area contributed by atoms with Crippen molar-refractivity contribution in [3.63, 3.8) is 0 Å². The zero-order valence-corrected chi connectivity index (χ0v) is 41.1. The average Bonchev–Trinajstić information content (AvgIpc) is 4.02. The van der Waals surface area contributed by atoms with Crippen LogP contribution in [0.25, 0.3) is 134 Å². The molecule has 0 spiro atoms. The number of aromatic nitrogens is 5. The largest absolute Gasteiger partial charge is 0.309 e. The highest BCUT2D eigenvalue weighted by molar-refractivity contribution is 6.12. The molecular weight excluding hydrogens is 925 g/mol. The predicted octanol–water partition coefficient (Wildman–Crippen LogP) is 17.6. The van der Waals surface area contributed by atoms with Crippen molar-refractivity contribution < 1.29 is 0 Å². The first-order valence-electron chi connectivity index (χ1n) is 25.5. The molecule has 0 unspecified atom stereocenters. The maximum absolute atomic E-state index is 10.6. The topological polar surface area (TPSA) is 72.3 Å². The lowest BCUT2D eigenvalue weighted by atomic mass is 9.91. The molecule has 0 aliphatic carbocycles. The van der Waals surface area contributed by atoms with E-state index in [1.165, 1.54) is 5.56 Å². The van der Waals surface area contributed by atoms with Gasteiger partial charge in [0.05, 0.1) is 39.4 Å². The zero-order valence-electron chi connectivity index (χ0n) is 41.1. The van der Waals surface area contributed by atoms with Gasteiger partial charge in [-0.1, -0.05) is 194 Å². The summed E-state index contributed by atoms with van der Waals surface area (Å²) in [6.07, 6.45) is 0. The molecule has 0 radical (unpaired) electrons. The van der Waals surface area contributed by atoms with E-state index in [0.717, 1.165) is 111 Å². The number of rotatable bonds is 9. The lowest BCUT2D eigenvalue weighted by Crippen LogP contribution is -2.04. The van der Waals surface area contributed by atoms with Gasteiger partial charge in [-0.05, 0) is 112 Å². The van der Waals surface area contributed by atoms with Gasteiger partial charge in [-0.2, -0.15) is 5.26 Å². The second-order valence-corrected chi connectivity index (χ2v) is 19.1. The smallest absolute Gasteiger partial charge is 0.164 e. The van der Waals surface area contributed by atoms with Crippen molar-refractivity contribution >= 4 is 43.6 Å². The third-order valence-corrected chi connectivity index (χ3v) is 14.6. The summed E-state index contributed by atoms with van der Waals surface area (Å²) in [6.45, 7) is 0. The van der Waals surface area contributed by atoms with Crippen LogP contribution in [-0.4, -0.2) is 24.1 Å². The second kappa shape index (κ2) is 18.5. The third-order valence-electron chi connectivity index (χ3n) is 14.6. The van der Waals surface area contributed by atoms with Crippen LogP contribution in [0.1, 0.15) is 5.56 Å². The van der Waals surface area contributed by atoms with E-state index in [9.17, 15) is 5.26 Å². The predicted molar refractivity (Wildman–Crippen MR) is 311 cm³/mol. The van der Waals surface area contributed by atoms with Crippen LogP contribution < -0.4 is 0 Å². The molecule has 0 fully saturated rings. The minimum atomic E-state index is 0.535. The van der Waals surface area contributed by atoms with Gasteiger partial charge in [-0.3, -0.25) is 0 Å². The number of hydrogen-bond donors (Lipinski definition) is 0. The molecule has 0 bridgehead atoms. The van der Waals surface area contributed by atoms with E-state index in [2.05, 4.69) is 197 Å². The van der Waals surface area contributed by atoms with Crippen molar-refractivity contribution in [1.29, 1.82) is 5.26 Å². The molecule has 0 N–H and O–H groups in total. The van der Waals surface area contributed by atoms with Gasteiger partial charge in [-0.25, -0.2) is 15.0 Å². The van der Waals surface area contributed by atoms with Gasteiger partial charge in [0.25, 0.3) is 0 Å². The quantitative estimate of drug-likeness (QED) is 0.144. The van der Waals surface area contributed by atoms with Crippen molar-refractivity contribution in [1.82, 2.24) is 24.1 Å². The van der Waals surface area contributed by atoms with Crippen LogP contribution in [0.3, 0.4) is 0 Å². The Morgan fingerprint density at radius 2 is 0.737 bits per heavy atom. The van der Waals surface area contributed by atoms with Crippen LogP contribution in [0.15, 0.2) is 267 Å². The summed E-state index contributed by atoms with van der Waals surface area (Å²) < 4.78 is 4.78. The molecule has 6 heteroatoms. The minimum absolute atomic E-state index is 0.535. The van der Waals surface area contributed by atoms with E-state index >= 15 is 0 Å². The Morgan fingerprint density at radius 3 is 1.32 bits per heavy atom. The highest BCUT2D eigenvalue weighted by atomic mass is 15.0. The fourth-order valence-corrected chi connectivity index (χ4v) is 11.1. The highest BCUT2D eigenvalue weighted by Gasteiger charge is 2.24. The first-order chi connectivity index (χ1) is 37.6. The molecule has 354 valence electrons. The van der Waals surface area contributed by atoms with Crippen LogP contribution in [0, 0.1) is 11.3 Å². The van der Waals surface area contributed by atoms with Crippen LogP contribution in [0.2, 0.25) is 0 Å². The molecule has 0 saturated heterocycles. The summed E-state index contributed by atoms with van der Waals surface area (Å²) in [5, 5.41) is 15.2. The maximum atomic E-state index is 10.6. The van der Waals surface area contributed by atoms with E-state index in [1.807, 2.05) is 84.9 Å². The zero-order chi connectivity index (χ0) is 50.5. The number of nitrogens with zero attached hydrogens (tertiary/aromatic N) is 6. The van der Waals surface area contributed by atoms with E-state index < -0.39 is 0 Å². The SMILES string of the molecule is N#Cc1ccccc1-c1ccc(-n2c3ccccc3c3cc(-c4ccccc4)ccc32)c(-c2cc(-n3c4ccccc4c4cc(-c5ccccc5)ccc43)ccc2-c2nc(-c3ccccc3)nc(-c3ccccc3)n2)c1. The van der Waals surface area contributed by atoms with Crippen LogP contribution in [-0.2, 0) is 0 Å². The molecule has 0 amide bonds. The van der Waals surface area contributed by atoms with Gasteiger partial charge >= 0.3 is 0 Å². The van der Waals surface area contributed by atoms with Gasteiger partial charge in [0.15, 0.2) is 17.5 Å². The fourth-order valence-electron chi connectivity index (χ4n) is 11.1. The number of fused-ring (bicyclic) bond motifs is 6. The summed E-state index contributed by atoms with van der Waals surface area (Å²) in [5.41, 5.74) is 17.7. The number of nitriles is 1. The van der Waals surface area contributed by atoms with Gasteiger partial charge in [0, 0.05) is 49.5 Å². The maximum Gasteiger partial charge on any atom is 0.164 e. The minimum Gasteiger partial charge on any atom is -0.309 e. The summed E-state index contributed by atoms with van der Waals surface area (Å²) in [7, 11) is 0. The van der Waals surface area contributed by atoms with E-state index in [1.54, 1.807) is 0 Å². The molecule has 6 nitrogen and oxygen atoms in total. The van der Waals surface area contributed by atoms with Crippen molar-refractivity contribution in [3.8, 4) is 96.1 Å². The van der Waals surface area contributed by atoms with Gasteiger partial charge in [0.1, 0.15) is 0 Å². The van der Waals surface area contributed by atoms with E-state index in [-0.39, 0.29) is 0 Å². The van der Waals surface area contributed by atoms with Crippen LogP contribution >= 0.6 is 0 Å². The molecule has 3 heterocycles. The molecule has 0 saturated carbocycles. The average molecular weight is 969 g/mol. The Balaban J connectivity index is 1.09. The van der Waals surface area contributed by atoms with Gasteiger partial charge in [-0.15, -0.1) is 0 Å². The fraction of sp³-hybridized carbons (Fsp3) is 0. The molecule has 3 aromatic heterocycles. The van der Waals surface area contributed by atoms with Crippen LogP contribution in [0.5, 0.6) is 0 Å². The first-order valence-corrected chi connectivity index (χ1v) is 25.5. The molecule has 11 aromatic carbocycles. The van der Waals surface area contributed by atoms with Gasteiger partial charge in [0.2, 0.25) is 0 Å². The molecule has 14 aromatic rings. The number of hydrogen-bond acceptors (Lipinski definition) is 4. The Bertz CT molecular complexity index is 4510. The van der Waals surface area contributed by atoms with Crippen molar-refractivity contribution in [2.24, 2.45) is 0 Å². The monoisotopic (exact) mass is 968 g/mol. The second-order valence-electron chi connectivity index (χ2n) is 19.1. The lowest BCUT2D eigenvalue weighted by Gasteiger charge is -2.20. The summed E-state index contributed by atoms with van der Waals surface area (Å²) in [5.74, 6) is 1.68. The lowest BCUT2D eigenvalue weighted by molar-refractivity contribution is 1.07. The van der Waals surface area contributed by atoms with Gasteiger partial charge < -0.3 is 9.13 Å². The standard InChI is InChI=1S/C70H44N6/c71-45-53-27-13-14-28-55(53)52-35-40-67(76-64-32-18-16-30-57(64)61-42-51(34-39-66(61)76)47-21-7-2-8-22-47)62(43-52)59-44-54(75-63-31-17-15-29-56(63)60-41-50(33-38-65(60)75)46-19-5-1-6-20-46)36-37-58(59)70-73-68(48-23-9-3-10-24-48)72-69(74-70)49-25-11-4-12-26-49/h1-44H. The Labute approximate surface area is 439 Å². The molecule has 0 aliphatic heterocycles. The number of para-hydroxylation sites is 2. The Kier molecular flexibility index (Phi) is 10.8. The summed E-state index contributed by atoms with van der Waals surface area (Å²) >= 11 is 0. The third kappa shape index (κ3) is 7.62. The molecule has 0 atom stereocenters. The highest BCUT2D eigenvalue weighted by Crippen LogP contribution is 2.45. The normalized spacial score (nSPS) is 11.4. The summed E-state index contributed by atoms with van der Waals surface area (Å²) in [6, 6.07) is 96.0. The first kappa shape index (κ1) is 44.2. The summed E-state index contributed by atoms with van der Waals surface area (Å²) in [4.78, 5) is 15.9.